The number of nitrogens with one attached hydrogen (secondary N) is 1. The second kappa shape index (κ2) is 13.0. The molecule has 0 unspecified atom stereocenters. The number of sulfonamides is 1. The van der Waals surface area contributed by atoms with Crippen molar-refractivity contribution in [2.45, 2.75) is 88.1 Å². The Kier molecular flexibility index (Phi) is 10.1. The van der Waals surface area contributed by atoms with E-state index >= 15 is 0 Å². The molecule has 3 aliphatic rings. The lowest BCUT2D eigenvalue weighted by atomic mass is 9.87. The summed E-state index contributed by atoms with van der Waals surface area (Å²) in [6.07, 6.45) is 6.10. The number of benzene rings is 1. The standard InChI is InChI=1S/C29H46F2N4O4S/c1-21-17-26(39-4)18-22(2)28(21)40(37,38)33(3)13-11-27(36)32-24-5-7-25(8-6-24)35-14-9-23(10-15-35)19-34-16-12-29(30,31)20-34/h17-18,23-25H,5-16,19-20H2,1-4H3,(H,32,36)/t24-,25-. The molecule has 1 aromatic rings. The molecule has 11 heteroatoms. The predicted octanol–water partition coefficient (Wildman–Crippen LogP) is 3.80. The molecule has 1 aromatic carbocycles. The number of hydrogen-bond acceptors (Lipinski definition) is 6. The Bertz CT molecular complexity index is 1110. The molecule has 0 aromatic heterocycles. The molecule has 0 radical (unpaired) electrons. The van der Waals surface area contributed by atoms with Crippen molar-refractivity contribution in [2.24, 2.45) is 5.92 Å². The third-order valence-corrected chi connectivity index (χ3v) is 11.1. The van der Waals surface area contributed by atoms with Gasteiger partial charge in [0.15, 0.2) is 0 Å². The van der Waals surface area contributed by atoms with Crippen molar-refractivity contribution in [3.05, 3.63) is 23.3 Å². The molecule has 1 aliphatic carbocycles. The number of ether oxygens (including phenoxy) is 1. The average Bonchev–Trinajstić information content (AvgIpc) is 3.25. The highest BCUT2D eigenvalue weighted by atomic mass is 32.2. The number of methoxy groups -OCH3 is 1. The van der Waals surface area contributed by atoms with Gasteiger partial charge in [0.25, 0.3) is 5.92 Å². The molecule has 4 rings (SSSR count). The Hall–Kier alpha value is -1.82. The molecule has 2 aliphatic heterocycles. The van der Waals surface area contributed by atoms with Gasteiger partial charge in [0, 0.05) is 51.6 Å². The first-order chi connectivity index (χ1) is 18.9. The number of hydrogen-bond donors (Lipinski definition) is 1. The van der Waals surface area contributed by atoms with Crippen LogP contribution in [0.25, 0.3) is 0 Å². The normalized spacial score (nSPS) is 24.9. The van der Waals surface area contributed by atoms with E-state index in [-0.39, 0.29) is 42.8 Å². The lowest BCUT2D eigenvalue weighted by Crippen LogP contribution is -2.47. The maximum atomic E-state index is 13.5. The van der Waals surface area contributed by atoms with E-state index in [0.29, 0.717) is 35.4 Å². The van der Waals surface area contributed by atoms with Gasteiger partial charge in [-0.15, -0.1) is 0 Å². The largest absolute Gasteiger partial charge is 0.497 e. The van der Waals surface area contributed by atoms with Crippen LogP contribution in [0, 0.1) is 19.8 Å². The van der Waals surface area contributed by atoms with Gasteiger partial charge in [-0.25, -0.2) is 21.5 Å². The third-order valence-electron chi connectivity index (χ3n) is 8.98. The fourth-order valence-electron chi connectivity index (χ4n) is 6.68. The summed E-state index contributed by atoms with van der Waals surface area (Å²) in [7, 11) is -0.670. The summed E-state index contributed by atoms with van der Waals surface area (Å²) in [6, 6.07) is 4.04. The summed E-state index contributed by atoms with van der Waals surface area (Å²) in [4.78, 5) is 17.4. The first-order valence-corrected chi connectivity index (χ1v) is 16.1. The molecule has 2 saturated heterocycles. The van der Waals surface area contributed by atoms with Gasteiger partial charge in [-0.1, -0.05) is 0 Å². The van der Waals surface area contributed by atoms with Gasteiger partial charge in [-0.05, 0) is 94.6 Å². The molecule has 1 saturated carbocycles. The van der Waals surface area contributed by atoms with Crippen LogP contribution in [0.2, 0.25) is 0 Å². The highest BCUT2D eigenvalue weighted by molar-refractivity contribution is 7.89. The molecule has 0 atom stereocenters. The molecule has 40 heavy (non-hydrogen) atoms. The first-order valence-electron chi connectivity index (χ1n) is 14.6. The number of carbonyl (C=O) groups is 1. The smallest absolute Gasteiger partial charge is 0.261 e. The molecule has 2 heterocycles. The first kappa shape index (κ1) is 31.1. The molecule has 1 amide bonds. The Morgan fingerprint density at radius 2 is 1.70 bits per heavy atom. The molecular weight excluding hydrogens is 538 g/mol. The van der Waals surface area contributed by atoms with E-state index in [1.54, 1.807) is 33.1 Å². The van der Waals surface area contributed by atoms with Crippen LogP contribution in [0.5, 0.6) is 5.75 Å². The Morgan fingerprint density at radius 3 is 2.25 bits per heavy atom. The van der Waals surface area contributed by atoms with Gasteiger partial charge in [-0.2, -0.15) is 0 Å². The zero-order valence-corrected chi connectivity index (χ0v) is 25.2. The van der Waals surface area contributed by atoms with E-state index in [1.807, 2.05) is 4.90 Å². The summed E-state index contributed by atoms with van der Waals surface area (Å²) < 4.78 is 59.9. The number of rotatable bonds is 10. The SMILES string of the molecule is COc1cc(C)c(S(=O)(=O)N(C)CCC(=O)N[C@H]2CC[C@H](N3CCC(CN4CCC(F)(F)C4)CC3)CC2)c(C)c1. The van der Waals surface area contributed by atoms with Crippen molar-refractivity contribution in [3.63, 3.8) is 0 Å². The van der Waals surface area contributed by atoms with E-state index in [0.717, 1.165) is 58.2 Å². The quantitative estimate of drug-likeness (QED) is 0.451. The van der Waals surface area contributed by atoms with Crippen LogP contribution >= 0.6 is 0 Å². The summed E-state index contributed by atoms with van der Waals surface area (Å²) in [5, 5.41) is 3.12. The van der Waals surface area contributed by atoms with E-state index < -0.39 is 15.9 Å². The van der Waals surface area contributed by atoms with Crippen LogP contribution in [-0.4, -0.2) is 99.9 Å². The minimum Gasteiger partial charge on any atom is -0.497 e. The van der Waals surface area contributed by atoms with Gasteiger partial charge < -0.3 is 15.0 Å². The number of piperidine rings is 1. The molecule has 1 N–H and O–H groups in total. The second-order valence-corrected chi connectivity index (χ2v) is 14.0. The fourth-order valence-corrected chi connectivity index (χ4v) is 8.26. The van der Waals surface area contributed by atoms with Gasteiger partial charge >= 0.3 is 0 Å². The minimum absolute atomic E-state index is 0.00941. The highest BCUT2D eigenvalue weighted by Crippen LogP contribution is 2.31. The van der Waals surface area contributed by atoms with Gasteiger partial charge in [-0.3, -0.25) is 9.69 Å². The Balaban J connectivity index is 1.16. The van der Waals surface area contributed by atoms with Crippen LogP contribution < -0.4 is 10.1 Å². The summed E-state index contributed by atoms with van der Waals surface area (Å²) in [5.74, 6) is -1.53. The maximum absolute atomic E-state index is 13.5. The van der Waals surface area contributed by atoms with E-state index in [4.69, 9.17) is 4.74 Å². The van der Waals surface area contributed by atoms with Crippen molar-refractivity contribution >= 4 is 15.9 Å². The van der Waals surface area contributed by atoms with Crippen molar-refractivity contribution in [1.82, 2.24) is 19.4 Å². The fraction of sp³-hybridized carbons (Fsp3) is 0.759. The lowest BCUT2D eigenvalue weighted by Gasteiger charge is -2.41. The van der Waals surface area contributed by atoms with Crippen LogP contribution in [0.15, 0.2) is 17.0 Å². The predicted molar refractivity (Wildman–Crippen MR) is 151 cm³/mol. The van der Waals surface area contributed by atoms with Crippen molar-refractivity contribution in [2.75, 3.05) is 53.4 Å². The summed E-state index contributed by atoms with van der Waals surface area (Å²) in [5.41, 5.74) is 1.23. The van der Waals surface area contributed by atoms with E-state index in [2.05, 4.69) is 10.2 Å². The number of carbonyl (C=O) groups excluding carboxylic acids is 1. The van der Waals surface area contributed by atoms with Gasteiger partial charge in [0.1, 0.15) is 5.75 Å². The Labute approximate surface area is 238 Å². The van der Waals surface area contributed by atoms with Crippen LogP contribution in [0.1, 0.15) is 62.5 Å². The van der Waals surface area contributed by atoms with Gasteiger partial charge in [0.2, 0.25) is 15.9 Å². The summed E-state index contributed by atoms with van der Waals surface area (Å²) >= 11 is 0. The molecule has 0 bridgehead atoms. The van der Waals surface area contributed by atoms with Crippen molar-refractivity contribution in [1.29, 1.82) is 0 Å². The van der Waals surface area contributed by atoms with Crippen LogP contribution in [-0.2, 0) is 14.8 Å². The zero-order valence-electron chi connectivity index (χ0n) is 24.4. The number of amides is 1. The Morgan fingerprint density at radius 1 is 1.07 bits per heavy atom. The number of aryl methyl sites for hydroxylation is 2. The molecule has 3 fully saturated rings. The number of halogens is 2. The van der Waals surface area contributed by atoms with E-state index in [1.165, 1.54) is 11.4 Å². The molecule has 226 valence electrons. The van der Waals surface area contributed by atoms with Gasteiger partial charge in [0.05, 0.1) is 18.6 Å². The zero-order chi connectivity index (χ0) is 29.1. The lowest BCUT2D eigenvalue weighted by molar-refractivity contribution is -0.122. The van der Waals surface area contributed by atoms with Crippen molar-refractivity contribution in [3.8, 4) is 5.75 Å². The monoisotopic (exact) mass is 584 g/mol. The van der Waals surface area contributed by atoms with E-state index in [9.17, 15) is 22.0 Å². The average molecular weight is 585 g/mol. The highest BCUT2D eigenvalue weighted by Gasteiger charge is 2.39. The minimum atomic E-state index is -3.73. The maximum Gasteiger partial charge on any atom is 0.261 e. The van der Waals surface area contributed by atoms with Crippen LogP contribution in [0.3, 0.4) is 0 Å². The number of nitrogens with zero attached hydrogens (tertiary/aromatic N) is 3. The topological polar surface area (TPSA) is 82.2 Å². The molecule has 8 nitrogen and oxygen atoms in total. The van der Waals surface area contributed by atoms with Crippen molar-refractivity contribution < 1.29 is 26.7 Å². The van der Waals surface area contributed by atoms with Crippen LogP contribution in [0.4, 0.5) is 8.78 Å². The third kappa shape index (κ3) is 7.72. The number of alkyl halides is 2. The summed E-state index contributed by atoms with van der Waals surface area (Å²) in [6.45, 7) is 6.86. The molecule has 0 spiro atoms. The molecular formula is C29H46F2N4O4S. The number of likely N-dealkylation sites (tertiary alicyclic amines) is 2. The second-order valence-electron chi connectivity index (χ2n) is 12.1.